The Morgan fingerprint density at radius 2 is 1.21 bits per heavy atom. The largest absolute Gasteiger partial charge is 0.276 e. The van der Waals surface area contributed by atoms with Gasteiger partial charge in [0.15, 0.2) is 0 Å². The highest BCUT2D eigenvalue weighted by atomic mass is 16.6. The van der Waals surface area contributed by atoms with Crippen molar-refractivity contribution in [3.05, 3.63) is 103 Å². The first kappa shape index (κ1) is 32.1. The molecule has 43 heavy (non-hydrogen) atoms. The monoisotopic (exact) mass is 582 g/mol. The van der Waals surface area contributed by atoms with Crippen LogP contribution in [0.5, 0.6) is 0 Å². The van der Waals surface area contributed by atoms with Gasteiger partial charge in [-0.2, -0.15) is 0 Å². The molecule has 0 saturated heterocycles. The highest BCUT2D eigenvalue weighted by Crippen LogP contribution is 2.56. The van der Waals surface area contributed by atoms with Crippen molar-refractivity contribution in [2.45, 2.75) is 109 Å². The van der Waals surface area contributed by atoms with Crippen molar-refractivity contribution in [2.75, 3.05) is 0 Å². The Balaban J connectivity index is 1.80. The second kappa shape index (κ2) is 15.6. The second-order valence-electron chi connectivity index (χ2n) is 12.0. The summed E-state index contributed by atoms with van der Waals surface area (Å²) < 4.78 is 0. The molecule has 4 rings (SSSR count). The number of nitro groups is 2. The van der Waals surface area contributed by atoms with Gasteiger partial charge in [-0.25, -0.2) is 0 Å². The van der Waals surface area contributed by atoms with Crippen LogP contribution < -0.4 is 0 Å². The van der Waals surface area contributed by atoms with Crippen LogP contribution in [0.25, 0.3) is 23.3 Å². The predicted molar refractivity (Wildman–Crippen MR) is 177 cm³/mol. The topological polar surface area (TPSA) is 86.3 Å². The van der Waals surface area contributed by atoms with Crippen LogP contribution in [-0.2, 0) is 5.41 Å². The fourth-order valence-corrected chi connectivity index (χ4v) is 6.91. The van der Waals surface area contributed by atoms with E-state index in [2.05, 4.69) is 26.0 Å². The molecule has 0 bridgehead atoms. The van der Waals surface area contributed by atoms with Crippen LogP contribution in [0.4, 0.5) is 11.4 Å². The van der Waals surface area contributed by atoms with E-state index in [4.69, 9.17) is 0 Å². The van der Waals surface area contributed by atoms with Gasteiger partial charge in [-0.15, -0.1) is 0 Å². The molecule has 0 radical (unpaired) electrons. The molecule has 0 atom stereocenters. The summed E-state index contributed by atoms with van der Waals surface area (Å²) in [6.07, 6.45) is 19.9. The number of hydrogen-bond donors (Lipinski definition) is 0. The fraction of sp³-hybridized carbons (Fsp3) is 0.459. The van der Waals surface area contributed by atoms with E-state index in [1.807, 2.05) is 36.4 Å². The van der Waals surface area contributed by atoms with Gasteiger partial charge in [-0.1, -0.05) is 127 Å². The molecule has 0 fully saturated rings. The lowest BCUT2D eigenvalue weighted by Gasteiger charge is -2.34. The van der Waals surface area contributed by atoms with Crippen molar-refractivity contribution >= 4 is 23.5 Å². The molecular weight excluding hydrogens is 536 g/mol. The Morgan fingerprint density at radius 3 is 1.84 bits per heavy atom. The molecule has 1 aliphatic carbocycles. The summed E-state index contributed by atoms with van der Waals surface area (Å²) in [5.41, 5.74) is 5.99. The highest BCUT2D eigenvalue weighted by molar-refractivity contribution is 5.87. The zero-order chi connectivity index (χ0) is 30.7. The maximum atomic E-state index is 12.0. The Bertz CT molecular complexity index is 1410. The first-order chi connectivity index (χ1) is 20.9. The minimum Gasteiger partial charge on any atom is -0.258 e. The quantitative estimate of drug-likeness (QED) is 0.0646. The van der Waals surface area contributed by atoms with Crippen LogP contribution in [0.3, 0.4) is 0 Å². The van der Waals surface area contributed by atoms with Gasteiger partial charge in [-0.05, 0) is 58.9 Å². The third-order valence-electron chi connectivity index (χ3n) is 9.09. The number of benzene rings is 3. The first-order valence-corrected chi connectivity index (χ1v) is 16.3. The smallest absolute Gasteiger partial charge is 0.258 e. The third kappa shape index (κ3) is 7.59. The number of fused-ring (bicyclic) bond motifs is 3. The van der Waals surface area contributed by atoms with E-state index >= 15 is 0 Å². The Hall–Kier alpha value is -3.80. The van der Waals surface area contributed by atoms with Gasteiger partial charge >= 0.3 is 0 Å². The summed E-state index contributed by atoms with van der Waals surface area (Å²) in [4.78, 5) is 23.0. The number of nitrogens with zero attached hydrogens (tertiary/aromatic N) is 2. The Morgan fingerprint density at radius 1 is 0.628 bits per heavy atom. The lowest BCUT2D eigenvalue weighted by molar-refractivity contribution is -0.385. The fourth-order valence-electron chi connectivity index (χ4n) is 6.91. The van der Waals surface area contributed by atoms with E-state index in [9.17, 15) is 20.2 Å². The van der Waals surface area contributed by atoms with Crippen LogP contribution in [0.2, 0.25) is 0 Å². The average molecular weight is 583 g/mol. The molecule has 0 aromatic heterocycles. The molecule has 0 spiro atoms. The summed E-state index contributed by atoms with van der Waals surface area (Å²) in [5.74, 6) is 0. The summed E-state index contributed by atoms with van der Waals surface area (Å²) in [6, 6.07) is 18.5. The second-order valence-corrected chi connectivity index (χ2v) is 12.0. The van der Waals surface area contributed by atoms with Gasteiger partial charge in [0.1, 0.15) is 0 Å². The average Bonchev–Trinajstić information content (AvgIpc) is 3.29. The number of non-ortho nitro benzene ring substituents is 1. The standard InChI is InChI=1S/C37H46N2O4/c1-3-5-7-9-11-15-26-37(27-16-12-10-8-6-4-2)34-28-31(38(40)41)24-25-32(34)33-20-17-19-30(36(33)37)23-22-29-18-13-14-21-35(29)39(42)43/h13-14,17-25,28H,3-12,15-16,26-27H2,1-2H3. The van der Waals surface area contributed by atoms with Crippen LogP contribution in [0.1, 0.15) is 126 Å². The molecule has 3 aromatic carbocycles. The highest BCUT2D eigenvalue weighted by Gasteiger charge is 2.44. The molecule has 6 nitrogen and oxygen atoms in total. The predicted octanol–water partition coefficient (Wildman–Crippen LogP) is 11.4. The van der Waals surface area contributed by atoms with E-state index in [0.29, 0.717) is 5.56 Å². The summed E-state index contributed by atoms with van der Waals surface area (Å²) in [6.45, 7) is 4.46. The third-order valence-corrected chi connectivity index (χ3v) is 9.09. The minimum absolute atomic E-state index is 0.0793. The maximum absolute atomic E-state index is 12.0. The van der Waals surface area contributed by atoms with E-state index < -0.39 is 0 Å². The van der Waals surface area contributed by atoms with Crippen molar-refractivity contribution < 1.29 is 9.85 Å². The molecule has 0 amide bonds. The number of rotatable bonds is 18. The molecule has 228 valence electrons. The lowest BCUT2D eigenvalue weighted by atomic mass is 9.69. The van der Waals surface area contributed by atoms with Gasteiger partial charge in [-0.3, -0.25) is 20.2 Å². The van der Waals surface area contributed by atoms with Gasteiger partial charge in [0.05, 0.1) is 15.4 Å². The van der Waals surface area contributed by atoms with E-state index in [-0.39, 0.29) is 26.6 Å². The number of nitro benzene ring substituents is 2. The van der Waals surface area contributed by atoms with E-state index in [0.717, 1.165) is 60.8 Å². The lowest BCUT2D eigenvalue weighted by Crippen LogP contribution is -2.26. The van der Waals surface area contributed by atoms with Gasteiger partial charge in [0, 0.05) is 23.6 Å². The number of unbranched alkanes of at least 4 members (excludes halogenated alkanes) is 10. The first-order valence-electron chi connectivity index (χ1n) is 16.3. The van der Waals surface area contributed by atoms with Gasteiger partial charge in [0.25, 0.3) is 11.4 Å². The van der Waals surface area contributed by atoms with Crippen molar-refractivity contribution in [3.8, 4) is 11.1 Å². The molecule has 0 saturated carbocycles. The molecule has 0 aliphatic heterocycles. The summed E-state index contributed by atoms with van der Waals surface area (Å²) in [5, 5.41) is 23.7. The zero-order valence-electron chi connectivity index (χ0n) is 25.9. The molecule has 0 heterocycles. The molecule has 1 aliphatic rings. The summed E-state index contributed by atoms with van der Waals surface area (Å²) in [7, 11) is 0. The maximum Gasteiger partial charge on any atom is 0.276 e. The summed E-state index contributed by atoms with van der Waals surface area (Å²) >= 11 is 0. The normalized spacial score (nSPS) is 13.3. The minimum atomic E-state index is -0.342. The van der Waals surface area contributed by atoms with Crippen molar-refractivity contribution in [3.63, 3.8) is 0 Å². The SMILES string of the molecule is CCCCCCCCC1(CCCCCCCC)c2cc([N+](=O)[O-])ccc2-c2cccc(C=Cc3ccccc3[N+](=O)[O-])c21. The van der Waals surface area contributed by atoms with Crippen LogP contribution in [0, 0.1) is 20.2 Å². The van der Waals surface area contributed by atoms with Crippen molar-refractivity contribution in [1.29, 1.82) is 0 Å². The molecule has 6 heteroatoms. The molecule has 0 unspecified atom stereocenters. The van der Waals surface area contributed by atoms with Crippen LogP contribution in [-0.4, -0.2) is 9.85 Å². The van der Waals surface area contributed by atoms with Crippen LogP contribution >= 0.6 is 0 Å². The van der Waals surface area contributed by atoms with Crippen molar-refractivity contribution in [1.82, 2.24) is 0 Å². The number of para-hydroxylation sites is 1. The Labute approximate surface area is 256 Å². The van der Waals surface area contributed by atoms with Gasteiger partial charge < -0.3 is 0 Å². The van der Waals surface area contributed by atoms with E-state index in [1.165, 1.54) is 63.0 Å². The molecule has 3 aromatic rings. The number of hydrogen-bond acceptors (Lipinski definition) is 4. The van der Waals surface area contributed by atoms with E-state index in [1.54, 1.807) is 18.2 Å². The molecule has 0 N–H and O–H groups in total. The Kier molecular flexibility index (Phi) is 11.7. The van der Waals surface area contributed by atoms with Crippen molar-refractivity contribution in [2.24, 2.45) is 0 Å². The van der Waals surface area contributed by atoms with Gasteiger partial charge in [0.2, 0.25) is 0 Å². The molecular formula is C37H46N2O4. The zero-order valence-corrected chi connectivity index (χ0v) is 25.9. The van der Waals surface area contributed by atoms with Crippen LogP contribution in [0.15, 0.2) is 60.7 Å².